The first kappa shape index (κ1) is 13.8. The van der Waals surface area contributed by atoms with Crippen LogP contribution in [-0.2, 0) is 0 Å². The van der Waals surface area contributed by atoms with E-state index in [4.69, 9.17) is 0 Å². The van der Waals surface area contributed by atoms with Crippen molar-refractivity contribution in [2.45, 2.75) is 71.8 Å². The summed E-state index contributed by atoms with van der Waals surface area (Å²) in [6, 6.07) is 0.662. The predicted molar refractivity (Wildman–Crippen MR) is 72.7 cm³/mol. The fourth-order valence-corrected chi connectivity index (χ4v) is 2.81. The zero-order chi connectivity index (χ0) is 11.8. The van der Waals surface area contributed by atoms with Crippen LogP contribution in [0.5, 0.6) is 0 Å². The molecule has 1 aliphatic rings. The molecule has 0 aromatic rings. The maximum absolute atomic E-state index is 3.77. The molecule has 16 heavy (non-hydrogen) atoms. The maximum Gasteiger partial charge on any atom is 0.0307 e. The van der Waals surface area contributed by atoms with E-state index in [-0.39, 0.29) is 0 Å². The quantitative estimate of drug-likeness (QED) is 0.635. The highest BCUT2D eigenvalue weighted by molar-refractivity contribution is 5.14. The van der Waals surface area contributed by atoms with Crippen LogP contribution in [-0.4, -0.2) is 12.6 Å². The van der Waals surface area contributed by atoms with Crippen LogP contribution in [0, 0.1) is 5.92 Å². The second-order valence-corrected chi connectivity index (χ2v) is 5.03. The van der Waals surface area contributed by atoms with Crippen molar-refractivity contribution in [2.24, 2.45) is 5.92 Å². The van der Waals surface area contributed by atoms with E-state index in [0.717, 1.165) is 5.92 Å². The third kappa shape index (κ3) is 3.93. The van der Waals surface area contributed by atoms with E-state index in [0.29, 0.717) is 6.04 Å². The molecule has 0 saturated heterocycles. The molecular weight excluding hydrogens is 194 g/mol. The van der Waals surface area contributed by atoms with Crippen molar-refractivity contribution in [1.82, 2.24) is 5.32 Å². The number of allylic oxidation sites excluding steroid dienone is 1. The van der Waals surface area contributed by atoms with Gasteiger partial charge in [0.15, 0.2) is 0 Å². The Morgan fingerprint density at radius 3 is 2.44 bits per heavy atom. The fourth-order valence-electron chi connectivity index (χ4n) is 2.81. The second-order valence-electron chi connectivity index (χ2n) is 5.03. The number of rotatable bonds is 7. The van der Waals surface area contributed by atoms with Gasteiger partial charge in [0.05, 0.1) is 0 Å². The molecule has 1 nitrogen and oxygen atoms in total. The van der Waals surface area contributed by atoms with Crippen LogP contribution in [0.1, 0.15) is 65.7 Å². The van der Waals surface area contributed by atoms with E-state index in [1.54, 1.807) is 5.57 Å². The van der Waals surface area contributed by atoms with Gasteiger partial charge in [-0.25, -0.2) is 0 Å². The molecule has 0 heterocycles. The van der Waals surface area contributed by atoms with E-state index in [2.05, 4.69) is 32.2 Å². The lowest BCUT2D eigenvalue weighted by Gasteiger charge is -2.30. The van der Waals surface area contributed by atoms with Crippen molar-refractivity contribution < 1.29 is 0 Å². The lowest BCUT2D eigenvalue weighted by Crippen LogP contribution is -2.38. The van der Waals surface area contributed by atoms with E-state index in [9.17, 15) is 0 Å². The predicted octanol–water partition coefficient (Wildman–Crippen LogP) is 4.29. The summed E-state index contributed by atoms with van der Waals surface area (Å²) in [4.78, 5) is 0. The average molecular weight is 223 g/mol. The molecule has 0 fully saturated rings. The largest absolute Gasteiger partial charge is 0.310 e. The normalized spacial score (nSPS) is 18.6. The van der Waals surface area contributed by atoms with Crippen molar-refractivity contribution in [2.75, 3.05) is 6.54 Å². The zero-order valence-corrected chi connectivity index (χ0v) is 11.4. The molecule has 0 aromatic heterocycles. The monoisotopic (exact) mass is 223 g/mol. The van der Waals surface area contributed by atoms with Gasteiger partial charge in [-0.3, -0.25) is 0 Å². The molecule has 1 heteroatoms. The SMILES string of the molecule is CCCNC(C1=CCCCC1)C(CC)CC. The lowest BCUT2D eigenvalue weighted by atomic mass is 9.83. The van der Waals surface area contributed by atoms with E-state index >= 15 is 0 Å². The van der Waals surface area contributed by atoms with Gasteiger partial charge in [0.1, 0.15) is 0 Å². The van der Waals surface area contributed by atoms with Gasteiger partial charge >= 0.3 is 0 Å². The van der Waals surface area contributed by atoms with Crippen LogP contribution in [0.15, 0.2) is 11.6 Å². The molecule has 1 aliphatic carbocycles. The summed E-state index contributed by atoms with van der Waals surface area (Å²) in [6.07, 6.45) is 11.8. The standard InChI is InChI=1S/C15H29N/c1-4-12-16-15(13(5-2)6-3)14-10-8-7-9-11-14/h10,13,15-16H,4-9,11-12H2,1-3H3. The van der Waals surface area contributed by atoms with Gasteiger partial charge in [0.25, 0.3) is 0 Å². The van der Waals surface area contributed by atoms with E-state index in [1.165, 1.54) is 51.5 Å². The topological polar surface area (TPSA) is 12.0 Å². The van der Waals surface area contributed by atoms with Crippen LogP contribution >= 0.6 is 0 Å². The summed E-state index contributed by atoms with van der Waals surface area (Å²) in [5, 5.41) is 3.77. The lowest BCUT2D eigenvalue weighted by molar-refractivity contribution is 0.358. The maximum atomic E-state index is 3.77. The van der Waals surface area contributed by atoms with Gasteiger partial charge in [0, 0.05) is 6.04 Å². The first-order valence-corrected chi connectivity index (χ1v) is 7.25. The Bertz CT molecular complexity index is 203. The first-order valence-electron chi connectivity index (χ1n) is 7.25. The second kappa shape index (κ2) is 7.89. The van der Waals surface area contributed by atoms with Crippen LogP contribution in [0.4, 0.5) is 0 Å². The summed E-state index contributed by atoms with van der Waals surface area (Å²) < 4.78 is 0. The minimum Gasteiger partial charge on any atom is -0.310 e. The Morgan fingerprint density at radius 2 is 1.94 bits per heavy atom. The van der Waals surface area contributed by atoms with Gasteiger partial charge in [-0.2, -0.15) is 0 Å². The molecule has 0 radical (unpaired) electrons. The Balaban J connectivity index is 2.64. The first-order chi connectivity index (χ1) is 7.83. The summed E-state index contributed by atoms with van der Waals surface area (Å²) in [7, 11) is 0. The Hall–Kier alpha value is -0.300. The third-order valence-electron chi connectivity index (χ3n) is 3.86. The molecule has 1 unspecified atom stereocenters. The van der Waals surface area contributed by atoms with Crippen molar-refractivity contribution in [3.63, 3.8) is 0 Å². The molecular formula is C15H29N. The van der Waals surface area contributed by atoms with Crippen molar-refractivity contribution in [3.05, 3.63) is 11.6 Å². The summed E-state index contributed by atoms with van der Waals surface area (Å²) >= 11 is 0. The highest BCUT2D eigenvalue weighted by atomic mass is 14.9. The molecule has 94 valence electrons. The average Bonchev–Trinajstić information content (AvgIpc) is 2.35. The fraction of sp³-hybridized carbons (Fsp3) is 0.867. The van der Waals surface area contributed by atoms with E-state index < -0.39 is 0 Å². The van der Waals surface area contributed by atoms with Crippen LogP contribution in [0.2, 0.25) is 0 Å². The zero-order valence-electron chi connectivity index (χ0n) is 11.4. The molecule has 0 saturated carbocycles. The van der Waals surface area contributed by atoms with Crippen LogP contribution in [0.25, 0.3) is 0 Å². The summed E-state index contributed by atoms with van der Waals surface area (Å²) in [6.45, 7) is 8.08. The van der Waals surface area contributed by atoms with Gasteiger partial charge in [0.2, 0.25) is 0 Å². The molecule has 0 aliphatic heterocycles. The number of hydrogen-bond acceptors (Lipinski definition) is 1. The molecule has 0 bridgehead atoms. The Labute approximate surface area is 102 Å². The van der Waals surface area contributed by atoms with Crippen LogP contribution in [0.3, 0.4) is 0 Å². The van der Waals surface area contributed by atoms with Crippen molar-refractivity contribution >= 4 is 0 Å². The summed E-state index contributed by atoms with van der Waals surface area (Å²) in [5.41, 5.74) is 1.70. The molecule has 0 aromatic carbocycles. The number of nitrogens with one attached hydrogen (secondary N) is 1. The minimum absolute atomic E-state index is 0.662. The Kier molecular flexibility index (Phi) is 6.79. The smallest absolute Gasteiger partial charge is 0.0307 e. The molecule has 0 amide bonds. The molecule has 1 rings (SSSR count). The number of hydrogen-bond donors (Lipinski definition) is 1. The Morgan fingerprint density at radius 1 is 1.19 bits per heavy atom. The van der Waals surface area contributed by atoms with Crippen molar-refractivity contribution in [3.8, 4) is 0 Å². The summed E-state index contributed by atoms with van der Waals surface area (Å²) in [5.74, 6) is 0.830. The minimum atomic E-state index is 0.662. The van der Waals surface area contributed by atoms with Gasteiger partial charge < -0.3 is 5.32 Å². The van der Waals surface area contributed by atoms with E-state index in [1.807, 2.05) is 0 Å². The molecule has 0 spiro atoms. The van der Waals surface area contributed by atoms with Crippen molar-refractivity contribution in [1.29, 1.82) is 0 Å². The molecule has 1 atom stereocenters. The van der Waals surface area contributed by atoms with Gasteiger partial charge in [-0.05, 0) is 44.6 Å². The highest BCUT2D eigenvalue weighted by Gasteiger charge is 2.22. The third-order valence-corrected chi connectivity index (χ3v) is 3.86. The van der Waals surface area contributed by atoms with Gasteiger partial charge in [-0.1, -0.05) is 45.3 Å². The van der Waals surface area contributed by atoms with Crippen LogP contribution < -0.4 is 5.32 Å². The highest BCUT2D eigenvalue weighted by Crippen LogP contribution is 2.27. The van der Waals surface area contributed by atoms with Gasteiger partial charge in [-0.15, -0.1) is 0 Å². The molecule has 1 N–H and O–H groups in total.